The smallest absolute Gasteiger partial charge is 0.307 e. The van der Waals surface area contributed by atoms with Crippen LogP contribution in [0, 0.1) is 5.92 Å². The number of ether oxygens (including phenoxy) is 2. The molecule has 1 fully saturated rings. The molecular formula is C12H23NO3. The molecule has 94 valence electrons. The Bertz CT molecular complexity index is 212. The Kier molecular flexibility index (Phi) is 5.77. The van der Waals surface area contributed by atoms with Crippen molar-refractivity contribution in [2.75, 3.05) is 33.9 Å². The Morgan fingerprint density at radius 1 is 1.56 bits per heavy atom. The van der Waals surface area contributed by atoms with Crippen molar-refractivity contribution in [2.24, 2.45) is 5.92 Å². The van der Waals surface area contributed by atoms with Crippen molar-refractivity contribution in [3.8, 4) is 0 Å². The van der Waals surface area contributed by atoms with Crippen molar-refractivity contribution >= 4 is 5.97 Å². The molecule has 1 aliphatic rings. The lowest BCUT2D eigenvalue weighted by Crippen LogP contribution is -2.41. The Hall–Kier alpha value is -0.610. The van der Waals surface area contributed by atoms with Gasteiger partial charge in [-0.3, -0.25) is 4.79 Å². The van der Waals surface area contributed by atoms with Gasteiger partial charge in [-0.25, -0.2) is 0 Å². The highest BCUT2D eigenvalue weighted by Gasteiger charge is 2.28. The summed E-state index contributed by atoms with van der Waals surface area (Å²) in [5.74, 6) is 0.347. The van der Waals surface area contributed by atoms with Gasteiger partial charge in [0, 0.05) is 12.6 Å². The molecule has 2 atom stereocenters. The van der Waals surface area contributed by atoms with Gasteiger partial charge >= 0.3 is 5.97 Å². The maximum Gasteiger partial charge on any atom is 0.307 e. The molecule has 1 saturated heterocycles. The van der Waals surface area contributed by atoms with Crippen LogP contribution in [-0.4, -0.2) is 50.8 Å². The zero-order valence-corrected chi connectivity index (χ0v) is 10.6. The van der Waals surface area contributed by atoms with Crippen LogP contribution in [0.15, 0.2) is 0 Å². The molecular weight excluding hydrogens is 206 g/mol. The molecule has 2 unspecified atom stereocenters. The molecule has 0 aromatic rings. The minimum atomic E-state index is -0.105. The van der Waals surface area contributed by atoms with Crippen molar-refractivity contribution < 1.29 is 14.3 Å². The molecule has 0 radical (unpaired) electrons. The Balaban J connectivity index is 2.48. The Labute approximate surface area is 97.9 Å². The van der Waals surface area contributed by atoms with Crippen molar-refractivity contribution in [1.82, 2.24) is 4.90 Å². The standard InChI is InChI=1S/C12H23NO3/c1-4-16-12(14)8-11(13(2)3)10-6-5-7-15-9-10/h10-11H,4-9H2,1-3H3. The van der Waals surface area contributed by atoms with Crippen LogP contribution in [0.5, 0.6) is 0 Å². The fraction of sp³-hybridized carbons (Fsp3) is 0.917. The Morgan fingerprint density at radius 3 is 2.81 bits per heavy atom. The van der Waals surface area contributed by atoms with Crippen molar-refractivity contribution in [2.45, 2.75) is 32.2 Å². The van der Waals surface area contributed by atoms with Gasteiger partial charge in [-0.2, -0.15) is 0 Å². The summed E-state index contributed by atoms with van der Waals surface area (Å²) >= 11 is 0. The first-order valence-corrected chi connectivity index (χ1v) is 6.05. The lowest BCUT2D eigenvalue weighted by atomic mass is 9.91. The summed E-state index contributed by atoms with van der Waals surface area (Å²) in [4.78, 5) is 13.6. The molecule has 1 rings (SSSR count). The SMILES string of the molecule is CCOC(=O)CC(C1CCCOC1)N(C)C. The van der Waals surface area contributed by atoms with Crippen LogP contribution >= 0.6 is 0 Å². The second-order valence-corrected chi connectivity index (χ2v) is 4.52. The monoisotopic (exact) mass is 229 g/mol. The lowest BCUT2D eigenvalue weighted by molar-refractivity contribution is -0.145. The second-order valence-electron chi connectivity index (χ2n) is 4.52. The van der Waals surface area contributed by atoms with Gasteiger partial charge in [-0.1, -0.05) is 0 Å². The third kappa shape index (κ3) is 4.10. The maximum absolute atomic E-state index is 11.5. The van der Waals surface area contributed by atoms with Crippen molar-refractivity contribution in [3.63, 3.8) is 0 Å². The van der Waals surface area contributed by atoms with E-state index >= 15 is 0 Å². The van der Waals surface area contributed by atoms with E-state index in [9.17, 15) is 4.79 Å². The summed E-state index contributed by atoms with van der Waals surface area (Å²) in [5.41, 5.74) is 0. The molecule has 0 aromatic carbocycles. The summed E-state index contributed by atoms with van der Waals surface area (Å²) in [7, 11) is 4.02. The average Bonchev–Trinajstić information content (AvgIpc) is 2.27. The molecule has 0 N–H and O–H groups in total. The average molecular weight is 229 g/mol. The first-order valence-electron chi connectivity index (χ1n) is 6.05. The van der Waals surface area contributed by atoms with Gasteiger partial charge in [0.05, 0.1) is 19.6 Å². The predicted molar refractivity (Wildman–Crippen MR) is 62.3 cm³/mol. The van der Waals surface area contributed by atoms with Crippen LogP contribution < -0.4 is 0 Å². The predicted octanol–water partition coefficient (Wildman–Crippen LogP) is 1.30. The number of hydrogen-bond donors (Lipinski definition) is 0. The first kappa shape index (κ1) is 13.5. The highest BCUT2D eigenvalue weighted by molar-refractivity contribution is 5.70. The second kappa shape index (κ2) is 6.86. The third-order valence-corrected chi connectivity index (χ3v) is 3.08. The van der Waals surface area contributed by atoms with E-state index in [1.54, 1.807) is 0 Å². The highest BCUT2D eigenvalue weighted by Crippen LogP contribution is 2.22. The molecule has 0 spiro atoms. The van der Waals surface area contributed by atoms with Gasteiger partial charge in [0.1, 0.15) is 0 Å². The van der Waals surface area contributed by atoms with Crippen molar-refractivity contribution in [1.29, 1.82) is 0 Å². The minimum Gasteiger partial charge on any atom is -0.466 e. The zero-order chi connectivity index (χ0) is 12.0. The number of rotatable bonds is 5. The fourth-order valence-electron chi connectivity index (χ4n) is 2.23. The van der Waals surface area contributed by atoms with E-state index in [-0.39, 0.29) is 12.0 Å². The van der Waals surface area contributed by atoms with Crippen LogP contribution in [0.2, 0.25) is 0 Å². The molecule has 4 nitrogen and oxygen atoms in total. The molecule has 1 aliphatic heterocycles. The van der Waals surface area contributed by atoms with Gasteiger partial charge < -0.3 is 14.4 Å². The van der Waals surface area contributed by atoms with Crippen LogP contribution in [0.1, 0.15) is 26.2 Å². The van der Waals surface area contributed by atoms with Gasteiger partial charge in [0.25, 0.3) is 0 Å². The summed E-state index contributed by atoms with van der Waals surface area (Å²) in [6.07, 6.45) is 2.70. The van der Waals surface area contributed by atoms with Gasteiger partial charge in [0.2, 0.25) is 0 Å². The molecule has 0 aromatic heterocycles. The molecule has 4 heteroatoms. The Morgan fingerprint density at radius 2 is 2.31 bits per heavy atom. The molecule has 16 heavy (non-hydrogen) atoms. The first-order chi connectivity index (χ1) is 7.65. The fourth-order valence-corrected chi connectivity index (χ4v) is 2.23. The van der Waals surface area contributed by atoms with Crippen LogP contribution in [0.4, 0.5) is 0 Å². The summed E-state index contributed by atoms with van der Waals surface area (Å²) < 4.78 is 10.5. The molecule has 0 aliphatic carbocycles. The normalized spacial score (nSPS) is 23.1. The van der Waals surface area contributed by atoms with E-state index in [2.05, 4.69) is 4.90 Å². The van der Waals surface area contributed by atoms with Crippen LogP contribution in [0.25, 0.3) is 0 Å². The van der Waals surface area contributed by atoms with Crippen LogP contribution in [-0.2, 0) is 14.3 Å². The number of carbonyl (C=O) groups excluding carboxylic acids is 1. The van der Waals surface area contributed by atoms with E-state index < -0.39 is 0 Å². The number of esters is 1. The summed E-state index contributed by atoms with van der Waals surface area (Å²) in [5, 5.41) is 0. The molecule has 0 saturated carbocycles. The number of hydrogen-bond acceptors (Lipinski definition) is 4. The topological polar surface area (TPSA) is 38.8 Å². The number of nitrogens with zero attached hydrogens (tertiary/aromatic N) is 1. The van der Waals surface area contributed by atoms with E-state index in [4.69, 9.17) is 9.47 Å². The van der Waals surface area contributed by atoms with Crippen LogP contribution in [0.3, 0.4) is 0 Å². The number of carbonyl (C=O) groups is 1. The highest BCUT2D eigenvalue weighted by atomic mass is 16.5. The van der Waals surface area contributed by atoms with Gasteiger partial charge in [-0.15, -0.1) is 0 Å². The maximum atomic E-state index is 11.5. The minimum absolute atomic E-state index is 0.105. The lowest BCUT2D eigenvalue weighted by Gasteiger charge is -2.34. The molecule has 0 amide bonds. The molecule has 0 bridgehead atoms. The van der Waals surface area contributed by atoms with E-state index in [0.29, 0.717) is 18.9 Å². The van der Waals surface area contributed by atoms with Gasteiger partial charge in [-0.05, 0) is 39.8 Å². The largest absolute Gasteiger partial charge is 0.466 e. The van der Waals surface area contributed by atoms with Gasteiger partial charge in [0.15, 0.2) is 0 Å². The summed E-state index contributed by atoms with van der Waals surface area (Å²) in [6, 6.07) is 0.236. The van der Waals surface area contributed by atoms with E-state index in [1.807, 2.05) is 21.0 Å². The molecule has 1 heterocycles. The van der Waals surface area contributed by atoms with E-state index in [0.717, 1.165) is 26.1 Å². The summed E-state index contributed by atoms with van der Waals surface area (Å²) in [6.45, 7) is 3.92. The quantitative estimate of drug-likeness (QED) is 0.666. The third-order valence-electron chi connectivity index (χ3n) is 3.08. The van der Waals surface area contributed by atoms with E-state index in [1.165, 1.54) is 0 Å². The zero-order valence-electron chi connectivity index (χ0n) is 10.6. The van der Waals surface area contributed by atoms with Crippen molar-refractivity contribution in [3.05, 3.63) is 0 Å².